The highest BCUT2D eigenvalue weighted by Crippen LogP contribution is 2.16. The molecular formula is C14H19ClN6O2. The van der Waals surface area contributed by atoms with Crippen molar-refractivity contribution in [3.63, 3.8) is 0 Å². The molecule has 1 aliphatic rings. The molecule has 3 rings (SSSR count). The molecule has 0 unspecified atom stereocenters. The molecule has 0 aliphatic carbocycles. The van der Waals surface area contributed by atoms with Crippen molar-refractivity contribution < 1.29 is 9.90 Å². The molecule has 2 heterocycles. The van der Waals surface area contributed by atoms with E-state index in [1.807, 2.05) is 30.3 Å². The van der Waals surface area contributed by atoms with Crippen LogP contribution < -0.4 is 4.90 Å². The van der Waals surface area contributed by atoms with Crippen LogP contribution in [0.15, 0.2) is 30.3 Å². The van der Waals surface area contributed by atoms with Gasteiger partial charge in [-0.25, -0.2) is 0 Å². The van der Waals surface area contributed by atoms with Gasteiger partial charge in [0.2, 0.25) is 5.95 Å². The number of nitrogens with zero attached hydrogens (tertiary/aromatic N) is 6. The summed E-state index contributed by atoms with van der Waals surface area (Å²) in [5.41, 5.74) is 0.927. The quantitative estimate of drug-likeness (QED) is 0.857. The Labute approximate surface area is 140 Å². The second kappa shape index (κ2) is 7.89. The fourth-order valence-electron chi connectivity index (χ4n) is 2.54. The third kappa shape index (κ3) is 4.17. The summed E-state index contributed by atoms with van der Waals surface area (Å²) in [5.74, 6) is -0.0282. The Bertz CT molecular complexity index is 627. The standard InChI is InChI=1S/C14H18N6O2.ClH/c21-13(22)6-7-18-8-10-19(11-9-18)14-15-16-17-20(14)12-4-2-1-3-5-12;/h1-5H,6-11H2,(H,21,22);1H. The number of benzene rings is 1. The maximum atomic E-state index is 10.6. The lowest BCUT2D eigenvalue weighted by molar-refractivity contribution is -0.137. The van der Waals surface area contributed by atoms with Gasteiger partial charge in [-0.1, -0.05) is 23.3 Å². The second-order valence-corrected chi connectivity index (χ2v) is 5.20. The number of tetrazole rings is 1. The summed E-state index contributed by atoms with van der Waals surface area (Å²) in [4.78, 5) is 14.9. The molecule has 23 heavy (non-hydrogen) atoms. The van der Waals surface area contributed by atoms with Gasteiger partial charge in [0, 0.05) is 32.7 Å². The number of hydrogen-bond acceptors (Lipinski definition) is 6. The summed E-state index contributed by atoms with van der Waals surface area (Å²) >= 11 is 0. The van der Waals surface area contributed by atoms with Crippen LogP contribution in [0.3, 0.4) is 0 Å². The minimum Gasteiger partial charge on any atom is -0.481 e. The fourth-order valence-corrected chi connectivity index (χ4v) is 2.54. The summed E-state index contributed by atoms with van der Waals surface area (Å²) < 4.78 is 1.73. The van der Waals surface area contributed by atoms with Crippen molar-refractivity contribution in [3.8, 4) is 5.69 Å². The van der Waals surface area contributed by atoms with Crippen molar-refractivity contribution in [1.29, 1.82) is 0 Å². The Balaban J connectivity index is 0.00000192. The lowest BCUT2D eigenvalue weighted by Gasteiger charge is -2.34. The topological polar surface area (TPSA) is 87.4 Å². The van der Waals surface area contributed by atoms with Crippen molar-refractivity contribution in [2.75, 3.05) is 37.6 Å². The first-order chi connectivity index (χ1) is 10.7. The summed E-state index contributed by atoms with van der Waals surface area (Å²) in [5, 5.41) is 20.7. The number of para-hydroxylation sites is 1. The Morgan fingerprint density at radius 2 is 1.83 bits per heavy atom. The molecule has 0 spiro atoms. The van der Waals surface area contributed by atoms with E-state index >= 15 is 0 Å². The smallest absolute Gasteiger partial charge is 0.304 e. The average molecular weight is 339 g/mol. The number of aromatic nitrogens is 4. The number of aliphatic carboxylic acids is 1. The van der Waals surface area contributed by atoms with E-state index in [1.54, 1.807) is 4.68 Å². The van der Waals surface area contributed by atoms with Crippen LogP contribution in [0.25, 0.3) is 5.69 Å². The van der Waals surface area contributed by atoms with E-state index in [-0.39, 0.29) is 18.8 Å². The minimum absolute atomic E-state index is 0. The van der Waals surface area contributed by atoms with E-state index < -0.39 is 5.97 Å². The molecule has 0 bridgehead atoms. The van der Waals surface area contributed by atoms with Gasteiger partial charge in [-0.3, -0.25) is 9.69 Å². The third-order valence-electron chi connectivity index (χ3n) is 3.75. The molecule has 0 radical (unpaired) electrons. The molecule has 0 atom stereocenters. The van der Waals surface area contributed by atoms with Gasteiger partial charge in [-0.05, 0) is 22.6 Å². The molecule has 0 saturated carbocycles. The highest BCUT2D eigenvalue weighted by molar-refractivity contribution is 5.85. The highest BCUT2D eigenvalue weighted by atomic mass is 35.5. The fraction of sp³-hybridized carbons (Fsp3) is 0.429. The maximum absolute atomic E-state index is 10.6. The van der Waals surface area contributed by atoms with Crippen LogP contribution in [-0.4, -0.2) is 68.9 Å². The van der Waals surface area contributed by atoms with Crippen molar-refractivity contribution in [1.82, 2.24) is 25.1 Å². The molecule has 1 aliphatic heterocycles. The molecule has 1 aromatic heterocycles. The zero-order chi connectivity index (χ0) is 15.4. The predicted molar refractivity (Wildman–Crippen MR) is 87.3 cm³/mol. The highest BCUT2D eigenvalue weighted by Gasteiger charge is 2.22. The lowest BCUT2D eigenvalue weighted by atomic mass is 10.3. The number of anilines is 1. The Morgan fingerprint density at radius 3 is 2.48 bits per heavy atom. The van der Waals surface area contributed by atoms with Crippen LogP contribution in [0.4, 0.5) is 5.95 Å². The molecule has 2 aromatic rings. The van der Waals surface area contributed by atoms with Gasteiger partial charge in [0.1, 0.15) is 0 Å². The van der Waals surface area contributed by atoms with Crippen LogP contribution in [0, 0.1) is 0 Å². The molecule has 1 N–H and O–H groups in total. The number of hydrogen-bond donors (Lipinski definition) is 1. The summed E-state index contributed by atoms with van der Waals surface area (Å²) in [6.07, 6.45) is 0.182. The Hall–Kier alpha value is -2.19. The molecule has 0 amide bonds. The number of halogens is 1. The molecule has 1 fully saturated rings. The van der Waals surface area contributed by atoms with Crippen molar-refractivity contribution >= 4 is 24.3 Å². The summed E-state index contributed by atoms with van der Waals surface area (Å²) in [6, 6.07) is 9.77. The number of carboxylic acid groups (broad SMARTS) is 1. The zero-order valence-corrected chi connectivity index (χ0v) is 13.4. The first-order valence-electron chi connectivity index (χ1n) is 7.27. The second-order valence-electron chi connectivity index (χ2n) is 5.20. The zero-order valence-electron chi connectivity index (χ0n) is 12.6. The molecule has 124 valence electrons. The Kier molecular flexibility index (Phi) is 5.89. The molecule has 1 aromatic carbocycles. The number of carboxylic acids is 1. The first-order valence-corrected chi connectivity index (χ1v) is 7.27. The van der Waals surface area contributed by atoms with E-state index in [1.165, 1.54) is 0 Å². The van der Waals surface area contributed by atoms with Gasteiger partial charge in [0.05, 0.1) is 12.1 Å². The summed E-state index contributed by atoms with van der Waals surface area (Å²) in [7, 11) is 0. The lowest BCUT2D eigenvalue weighted by Crippen LogP contribution is -2.47. The van der Waals surface area contributed by atoms with Crippen LogP contribution >= 0.6 is 12.4 Å². The van der Waals surface area contributed by atoms with E-state index in [4.69, 9.17) is 5.11 Å². The van der Waals surface area contributed by atoms with E-state index in [9.17, 15) is 4.79 Å². The van der Waals surface area contributed by atoms with E-state index in [2.05, 4.69) is 25.3 Å². The van der Waals surface area contributed by atoms with Gasteiger partial charge in [-0.15, -0.1) is 12.4 Å². The number of rotatable bonds is 5. The van der Waals surface area contributed by atoms with Gasteiger partial charge >= 0.3 is 5.97 Å². The maximum Gasteiger partial charge on any atom is 0.304 e. The first kappa shape index (κ1) is 17.2. The Morgan fingerprint density at radius 1 is 1.13 bits per heavy atom. The van der Waals surface area contributed by atoms with Gasteiger partial charge in [0.25, 0.3) is 0 Å². The van der Waals surface area contributed by atoms with Gasteiger partial charge in [-0.2, -0.15) is 4.68 Å². The third-order valence-corrected chi connectivity index (χ3v) is 3.75. The van der Waals surface area contributed by atoms with Crippen LogP contribution in [0.2, 0.25) is 0 Å². The monoisotopic (exact) mass is 338 g/mol. The van der Waals surface area contributed by atoms with Crippen molar-refractivity contribution in [2.24, 2.45) is 0 Å². The minimum atomic E-state index is -0.754. The van der Waals surface area contributed by atoms with E-state index in [0.717, 1.165) is 37.8 Å². The average Bonchev–Trinajstić information content (AvgIpc) is 3.04. The molecule has 8 nitrogen and oxygen atoms in total. The van der Waals surface area contributed by atoms with Crippen molar-refractivity contribution in [2.45, 2.75) is 6.42 Å². The van der Waals surface area contributed by atoms with Crippen molar-refractivity contribution in [3.05, 3.63) is 30.3 Å². The SMILES string of the molecule is Cl.O=C(O)CCN1CCN(c2nnnn2-c2ccccc2)CC1. The van der Waals surface area contributed by atoms with Crippen LogP contribution in [0.5, 0.6) is 0 Å². The normalized spacial score (nSPS) is 15.2. The van der Waals surface area contributed by atoms with Gasteiger partial charge in [0.15, 0.2) is 0 Å². The largest absolute Gasteiger partial charge is 0.481 e. The van der Waals surface area contributed by atoms with Gasteiger partial charge < -0.3 is 10.0 Å². The van der Waals surface area contributed by atoms with Crippen LogP contribution in [-0.2, 0) is 4.79 Å². The summed E-state index contributed by atoms with van der Waals surface area (Å²) in [6.45, 7) is 3.79. The molecule has 9 heteroatoms. The number of carbonyl (C=O) groups is 1. The number of piperazine rings is 1. The molecular weight excluding hydrogens is 320 g/mol. The predicted octanol–water partition coefficient (Wildman–Crippen LogP) is 0.681. The van der Waals surface area contributed by atoms with Crippen LogP contribution in [0.1, 0.15) is 6.42 Å². The van der Waals surface area contributed by atoms with E-state index in [0.29, 0.717) is 6.54 Å². The molecule has 1 saturated heterocycles.